The number of ether oxygens (including phenoxy) is 3. The van der Waals surface area contributed by atoms with Gasteiger partial charge in [-0.1, -0.05) is 26.7 Å². The second-order valence-corrected chi connectivity index (χ2v) is 8.20. The minimum atomic E-state index is -0.707. The molecule has 1 saturated carbocycles. The summed E-state index contributed by atoms with van der Waals surface area (Å²) in [6, 6.07) is 0. The van der Waals surface area contributed by atoms with Gasteiger partial charge in [-0.25, -0.2) is 0 Å². The molecule has 2 heterocycles. The number of carbonyl (C=O) groups is 2. The molecule has 3 aliphatic rings. The Hall–Kier alpha value is -1.10. The van der Waals surface area contributed by atoms with Gasteiger partial charge in [-0.3, -0.25) is 9.59 Å². The van der Waals surface area contributed by atoms with Crippen LogP contribution in [0.25, 0.3) is 0 Å². The summed E-state index contributed by atoms with van der Waals surface area (Å²) in [5.74, 6) is 0.494. The second-order valence-electron chi connectivity index (χ2n) is 8.20. The predicted molar refractivity (Wildman–Crippen MR) is 92.8 cm³/mol. The van der Waals surface area contributed by atoms with Gasteiger partial charge in [0.15, 0.2) is 0 Å². The van der Waals surface area contributed by atoms with Crippen molar-refractivity contribution in [3.05, 3.63) is 0 Å². The van der Waals surface area contributed by atoms with E-state index in [1.807, 2.05) is 0 Å². The van der Waals surface area contributed by atoms with Crippen LogP contribution < -0.4 is 0 Å². The maximum Gasteiger partial charge on any atom is 0.312 e. The van der Waals surface area contributed by atoms with Gasteiger partial charge in [0.05, 0.1) is 37.8 Å². The number of rotatable bonds is 7. The fourth-order valence-electron chi connectivity index (χ4n) is 5.37. The number of fused-ring (bicyclic) bond motifs is 2. The van der Waals surface area contributed by atoms with E-state index in [2.05, 4.69) is 13.8 Å². The van der Waals surface area contributed by atoms with Crippen molar-refractivity contribution in [3.63, 3.8) is 0 Å². The lowest BCUT2D eigenvalue weighted by Crippen LogP contribution is -2.40. The summed E-state index contributed by atoms with van der Waals surface area (Å²) in [5, 5.41) is 0. The number of methoxy groups -OCH3 is 1. The van der Waals surface area contributed by atoms with E-state index in [9.17, 15) is 9.59 Å². The molecular formula is C20H32O5. The fourth-order valence-corrected chi connectivity index (χ4v) is 5.37. The van der Waals surface area contributed by atoms with Crippen LogP contribution in [0.15, 0.2) is 0 Å². The Bertz CT molecular complexity index is 504. The summed E-state index contributed by atoms with van der Waals surface area (Å²) in [4.78, 5) is 25.2. The third-order valence-electron chi connectivity index (χ3n) is 6.88. The number of hydrogen-bond acceptors (Lipinski definition) is 5. The van der Waals surface area contributed by atoms with Crippen LogP contribution in [0, 0.1) is 23.2 Å². The monoisotopic (exact) mass is 352 g/mol. The van der Waals surface area contributed by atoms with Crippen LogP contribution >= 0.6 is 0 Å². The van der Waals surface area contributed by atoms with E-state index in [0.717, 1.165) is 44.9 Å². The number of hydrogen-bond donors (Lipinski definition) is 0. The fraction of sp³-hybridized carbons (Fsp3) is 0.900. The Balaban J connectivity index is 1.69. The molecule has 25 heavy (non-hydrogen) atoms. The van der Waals surface area contributed by atoms with E-state index in [0.29, 0.717) is 24.5 Å². The molecule has 6 atom stereocenters. The molecule has 0 aromatic heterocycles. The molecule has 5 nitrogen and oxygen atoms in total. The summed E-state index contributed by atoms with van der Waals surface area (Å²) in [6.45, 7) is 4.69. The van der Waals surface area contributed by atoms with Gasteiger partial charge in [0.25, 0.3) is 0 Å². The lowest BCUT2D eigenvalue weighted by atomic mass is 9.73. The van der Waals surface area contributed by atoms with Crippen molar-refractivity contribution in [2.24, 2.45) is 23.2 Å². The molecule has 0 radical (unpaired) electrons. The van der Waals surface area contributed by atoms with Gasteiger partial charge in [-0.05, 0) is 43.9 Å². The maximum absolute atomic E-state index is 13.1. The summed E-state index contributed by atoms with van der Waals surface area (Å²) in [7, 11) is 1.39. The smallest absolute Gasteiger partial charge is 0.312 e. The largest absolute Gasteiger partial charge is 0.469 e. The predicted octanol–water partition coefficient (Wildman–Crippen LogP) is 3.49. The molecule has 0 N–H and O–H groups in total. The average molecular weight is 352 g/mol. The highest BCUT2D eigenvalue weighted by Gasteiger charge is 2.54. The minimum Gasteiger partial charge on any atom is -0.469 e. The first-order valence-electron chi connectivity index (χ1n) is 9.91. The minimum absolute atomic E-state index is 0.143. The zero-order valence-corrected chi connectivity index (χ0v) is 15.8. The molecule has 3 fully saturated rings. The molecule has 0 aromatic carbocycles. The zero-order chi connectivity index (χ0) is 18.0. The molecule has 2 bridgehead atoms. The van der Waals surface area contributed by atoms with Gasteiger partial charge < -0.3 is 14.2 Å². The Kier molecular flexibility index (Phi) is 5.71. The lowest BCUT2D eigenvalue weighted by molar-refractivity contribution is -0.166. The van der Waals surface area contributed by atoms with E-state index < -0.39 is 5.41 Å². The van der Waals surface area contributed by atoms with Crippen LogP contribution in [0.5, 0.6) is 0 Å². The first-order valence-corrected chi connectivity index (χ1v) is 9.91. The molecule has 3 rings (SSSR count). The molecule has 2 saturated heterocycles. The Morgan fingerprint density at radius 2 is 1.96 bits per heavy atom. The Labute approximate surface area is 150 Å². The molecule has 2 aliphatic heterocycles. The first-order chi connectivity index (χ1) is 12.0. The summed E-state index contributed by atoms with van der Waals surface area (Å²) in [5.41, 5.74) is -0.707. The highest BCUT2D eigenvalue weighted by molar-refractivity contribution is 5.84. The van der Waals surface area contributed by atoms with Crippen LogP contribution in [0.4, 0.5) is 0 Å². The van der Waals surface area contributed by atoms with Crippen molar-refractivity contribution in [1.29, 1.82) is 0 Å². The van der Waals surface area contributed by atoms with Gasteiger partial charge in [-0.15, -0.1) is 0 Å². The van der Waals surface area contributed by atoms with Crippen LogP contribution in [0.2, 0.25) is 0 Å². The average Bonchev–Trinajstić information content (AvgIpc) is 3.33. The molecule has 6 unspecified atom stereocenters. The normalized spacial score (nSPS) is 39.6. The summed E-state index contributed by atoms with van der Waals surface area (Å²) in [6.07, 6.45) is 7.63. The SMILES string of the molecule is CCC1CC(CC)C(CC(=O)OC)(C(=O)OCC2CC3CCC2O3)C1. The van der Waals surface area contributed by atoms with Gasteiger partial charge in [0, 0.05) is 5.92 Å². The molecule has 0 amide bonds. The van der Waals surface area contributed by atoms with Crippen LogP contribution in [0.3, 0.4) is 0 Å². The zero-order valence-electron chi connectivity index (χ0n) is 15.8. The summed E-state index contributed by atoms with van der Waals surface area (Å²) >= 11 is 0. The van der Waals surface area contributed by atoms with Crippen LogP contribution in [0.1, 0.15) is 65.2 Å². The van der Waals surface area contributed by atoms with Crippen molar-refractivity contribution >= 4 is 11.9 Å². The molecule has 0 spiro atoms. The van der Waals surface area contributed by atoms with E-state index in [1.165, 1.54) is 7.11 Å². The molecule has 0 aromatic rings. The van der Waals surface area contributed by atoms with Gasteiger partial charge >= 0.3 is 11.9 Å². The van der Waals surface area contributed by atoms with Crippen molar-refractivity contribution < 1.29 is 23.8 Å². The standard InChI is InChI=1S/C20H32O5/c1-4-13-8-15(5-2)20(10-13,11-18(21)23-3)19(22)24-12-14-9-16-6-7-17(14)25-16/h13-17H,4-12H2,1-3H3. The van der Waals surface area contributed by atoms with E-state index in [1.54, 1.807) is 0 Å². The van der Waals surface area contributed by atoms with Gasteiger partial charge in [-0.2, -0.15) is 0 Å². The van der Waals surface area contributed by atoms with Crippen molar-refractivity contribution in [3.8, 4) is 0 Å². The second kappa shape index (κ2) is 7.65. The number of esters is 2. The van der Waals surface area contributed by atoms with Gasteiger partial charge in [0.2, 0.25) is 0 Å². The highest BCUT2D eigenvalue weighted by Crippen LogP contribution is 2.52. The molecule has 1 aliphatic carbocycles. The van der Waals surface area contributed by atoms with Crippen LogP contribution in [-0.4, -0.2) is 37.9 Å². The highest BCUT2D eigenvalue weighted by atomic mass is 16.5. The van der Waals surface area contributed by atoms with E-state index in [-0.39, 0.29) is 30.4 Å². The quantitative estimate of drug-likeness (QED) is 0.656. The molecular weight excluding hydrogens is 320 g/mol. The molecule has 5 heteroatoms. The summed E-state index contributed by atoms with van der Waals surface area (Å²) < 4.78 is 16.6. The maximum atomic E-state index is 13.1. The van der Waals surface area contributed by atoms with Crippen LogP contribution in [-0.2, 0) is 23.8 Å². The van der Waals surface area contributed by atoms with Crippen molar-refractivity contribution in [2.45, 2.75) is 77.4 Å². The first kappa shape index (κ1) is 18.7. The molecule has 142 valence electrons. The van der Waals surface area contributed by atoms with Crippen molar-refractivity contribution in [1.82, 2.24) is 0 Å². The van der Waals surface area contributed by atoms with E-state index in [4.69, 9.17) is 14.2 Å². The third-order valence-corrected chi connectivity index (χ3v) is 6.88. The Morgan fingerprint density at radius 3 is 2.52 bits per heavy atom. The lowest BCUT2D eigenvalue weighted by Gasteiger charge is -2.32. The number of carbonyl (C=O) groups excluding carboxylic acids is 2. The van der Waals surface area contributed by atoms with E-state index >= 15 is 0 Å². The topological polar surface area (TPSA) is 61.8 Å². The third kappa shape index (κ3) is 3.57. The van der Waals surface area contributed by atoms with Crippen molar-refractivity contribution in [2.75, 3.05) is 13.7 Å². The Morgan fingerprint density at radius 1 is 1.16 bits per heavy atom. The van der Waals surface area contributed by atoms with Gasteiger partial charge in [0.1, 0.15) is 0 Å².